The summed E-state index contributed by atoms with van der Waals surface area (Å²) in [6, 6.07) is 6.73. The molecular weight excluding hydrogens is 302 g/mol. The molecule has 0 saturated heterocycles. The van der Waals surface area contributed by atoms with Crippen LogP contribution in [0.5, 0.6) is 0 Å². The van der Waals surface area contributed by atoms with Crippen molar-refractivity contribution in [2.24, 2.45) is 7.05 Å². The molecule has 0 saturated carbocycles. The molecule has 1 aromatic carbocycles. The fraction of sp³-hybridized carbons (Fsp3) is 0.400. The number of halogens is 1. The summed E-state index contributed by atoms with van der Waals surface area (Å²) in [5.74, 6) is 0. The molecule has 0 amide bonds. The maximum atomic E-state index is 4.41. The predicted molar refractivity (Wildman–Crippen MR) is 81.4 cm³/mol. The van der Waals surface area contributed by atoms with Crippen LogP contribution in [0.1, 0.15) is 28.9 Å². The molecule has 0 radical (unpaired) electrons. The Morgan fingerprint density at radius 2 is 2.11 bits per heavy atom. The van der Waals surface area contributed by atoms with Gasteiger partial charge in [-0.1, -0.05) is 6.07 Å². The molecule has 1 aliphatic rings. The quantitative estimate of drug-likeness (QED) is 0.936. The Hall–Kier alpha value is -1.29. The minimum Gasteiger partial charge on any atom is -0.379 e. The van der Waals surface area contributed by atoms with E-state index in [1.807, 2.05) is 18.7 Å². The van der Waals surface area contributed by atoms with E-state index in [-0.39, 0.29) is 0 Å². The van der Waals surface area contributed by atoms with Gasteiger partial charge in [0.25, 0.3) is 0 Å². The van der Waals surface area contributed by atoms with Crippen LogP contribution < -0.4 is 5.32 Å². The van der Waals surface area contributed by atoms with E-state index < -0.39 is 0 Å². The average Bonchev–Trinajstić information content (AvgIpc) is 2.94. The first-order valence-electron chi connectivity index (χ1n) is 6.69. The number of aryl methyl sites for hydroxylation is 4. The number of fused-ring (bicyclic) bond motifs is 1. The molecule has 1 aliphatic carbocycles. The van der Waals surface area contributed by atoms with Crippen LogP contribution >= 0.6 is 15.9 Å². The minimum atomic E-state index is 0.788. The van der Waals surface area contributed by atoms with Crippen LogP contribution in [0.15, 0.2) is 22.7 Å². The van der Waals surface area contributed by atoms with E-state index in [9.17, 15) is 0 Å². The predicted octanol–water partition coefficient (Wildman–Crippen LogP) is 3.59. The van der Waals surface area contributed by atoms with Gasteiger partial charge in [-0.05, 0) is 65.4 Å². The molecule has 0 fully saturated rings. The summed E-state index contributed by atoms with van der Waals surface area (Å²) in [6.45, 7) is 2.81. The highest BCUT2D eigenvalue weighted by Crippen LogP contribution is 2.26. The number of hydrogen-bond acceptors (Lipinski definition) is 2. The highest BCUT2D eigenvalue weighted by atomic mass is 79.9. The first-order chi connectivity index (χ1) is 9.15. The number of anilines is 1. The molecule has 1 N–H and O–H groups in total. The molecule has 3 rings (SSSR count). The van der Waals surface area contributed by atoms with E-state index in [4.69, 9.17) is 0 Å². The molecule has 0 bridgehead atoms. The van der Waals surface area contributed by atoms with E-state index in [0.29, 0.717) is 0 Å². The molecule has 0 atom stereocenters. The Kier molecular flexibility index (Phi) is 3.35. The second-order valence-electron chi connectivity index (χ2n) is 5.16. The minimum absolute atomic E-state index is 0.788. The van der Waals surface area contributed by atoms with Gasteiger partial charge in [-0.2, -0.15) is 5.10 Å². The molecule has 0 unspecified atom stereocenters. The van der Waals surface area contributed by atoms with Crippen LogP contribution in [0.3, 0.4) is 0 Å². The average molecular weight is 320 g/mol. The van der Waals surface area contributed by atoms with E-state index >= 15 is 0 Å². The van der Waals surface area contributed by atoms with Gasteiger partial charge in [-0.3, -0.25) is 4.68 Å². The number of benzene rings is 1. The highest BCUT2D eigenvalue weighted by Gasteiger charge is 2.12. The van der Waals surface area contributed by atoms with Crippen molar-refractivity contribution in [3.8, 4) is 0 Å². The van der Waals surface area contributed by atoms with Crippen molar-refractivity contribution in [3.63, 3.8) is 0 Å². The molecule has 4 heteroatoms. The topological polar surface area (TPSA) is 29.9 Å². The first-order valence-corrected chi connectivity index (χ1v) is 7.48. The summed E-state index contributed by atoms with van der Waals surface area (Å²) >= 11 is 3.60. The fourth-order valence-electron chi connectivity index (χ4n) is 2.74. The lowest BCUT2D eigenvalue weighted by molar-refractivity contribution is 0.712. The van der Waals surface area contributed by atoms with Gasteiger partial charge in [0, 0.05) is 12.7 Å². The zero-order valence-corrected chi connectivity index (χ0v) is 12.9. The second kappa shape index (κ2) is 5.00. The zero-order chi connectivity index (χ0) is 13.4. The molecule has 100 valence electrons. The summed E-state index contributed by atoms with van der Waals surface area (Å²) < 4.78 is 3.03. The lowest BCUT2D eigenvalue weighted by Gasteiger charge is -2.09. The highest BCUT2D eigenvalue weighted by molar-refractivity contribution is 9.10. The molecule has 19 heavy (non-hydrogen) atoms. The van der Waals surface area contributed by atoms with Crippen LogP contribution in [0.2, 0.25) is 0 Å². The van der Waals surface area contributed by atoms with Crippen LogP contribution in [0.4, 0.5) is 5.69 Å². The van der Waals surface area contributed by atoms with Gasteiger partial charge in [0.05, 0.1) is 22.4 Å². The third-order valence-electron chi connectivity index (χ3n) is 3.82. The van der Waals surface area contributed by atoms with Crippen molar-refractivity contribution < 1.29 is 0 Å². The van der Waals surface area contributed by atoms with Gasteiger partial charge >= 0.3 is 0 Å². The van der Waals surface area contributed by atoms with E-state index in [0.717, 1.165) is 16.7 Å². The van der Waals surface area contributed by atoms with Crippen LogP contribution in [-0.2, 0) is 26.4 Å². The molecule has 0 spiro atoms. The Balaban J connectivity index is 1.76. The van der Waals surface area contributed by atoms with E-state index in [1.54, 1.807) is 0 Å². The van der Waals surface area contributed by atoms with Crippen molar-refractivity contribution in [2.45, 2.75) is 32.7 Å². The summed E-state index contributed by atoms with van der Waals surface area (Å²) in [5, 5.41) is 7.91. The Morgan fingerprint density at radius 1 is 1.32 bits per heavy atom. The smallest absolute Gasteiger partial charge is 0.0739 e. The largest absolute Gasteiger partial charge is 0.379 e. The Labute approximate surface area is 122 Å². The third-order valence-corrected chi connectivity index (χ3v) is 4.85. The molecule has 1 heterocycles. The fourth-order valence-corrected chi connectivity index (χ4v) is 3.22. The maximum absolute atomic E-state index is 4.41. The molecule has 2 aromatic rings. The normalized spacial score (nSPS) is 13.6. The van der Waals surface area contributed by atoms with Crippen LogP contribution in [0, 0.1) is 6.92 Å². The molecule has 3 nitrogen and oxygen atoms in total. The van der Waals surface area contributed by atoms with Crippen molar-refractivity contribution in [3.05, 3.63) is 45.2 Å². The summed E-state index contributed by atoms with van der Waals surface area (Å²) in [5.41, 5.74) is 6.44. The van der Waals surface area contributed by atoms with Gasteiger partial charge in [0.1, 0.15) is 0 Å². The summed E-state index contributed by atoms with van der Waals surface area (Å²) in [6.07, 6.45) is 3.76. The van der Waals surface area contributed by atoms with Crippen LogP contribution in [0.25, 0.3) is 0 Å². The van der Waals surface area contributed by atoms with Gasteiger partial charge in [0.15, 0.2) is 0 Å². The van der Waals surface area contributed by atoms with Gasteiger partial charge < -0.3 is 5.32 Å². The van der Waals surface area contributed by atoms with Crippen molar-refractivity contribution >= 4 is 21.6 Å². The Bertz CT molecular complexity index is 616. The summed E-state index contributed by atoms with van der Waals surface area (Å²) in [7, 11) is 1.98. The lowest BCUT2D eigenvalue weighted by atomic mass is 10.1. The molecule has 0 aliphatic heterocycles. The van der Waals surface area contributed by atoms with Crippen molar-refractivity contribution in [1.82, 2.24) is 9.78 Å². The first kappa shape index (κ1) is 12.7. The molecule has 1 aromatic heterocycles. The number of rotatable bonds is 3. The number of hydrogen-bond donors (Lipinski definition) is 1. The van der Waals surface area contributed by atoms with Gasteiger partial charge in [-0.15, -0.1) is 0 Å². The standard InChI is InChI=1S/C15H18BrN3/c1-10-15(16)14(19(2)18-10)9-17-13-7-6-11-4-3-5-12(11)8-13/h6-8,17H,3-5,9H2,1-2H3. The third kappa shape index (κ3) is 2.41. The Morgan fingerprint density at radius 3 is 2.84 bits per heavy atom. The monoisotopic (exact) mass is 319 g/mol. The van der Waals surface area contributed by atoms with E-state index in [1.165, 1.54) is 41.8 Å². The van der Waals surface area contributed by atoms with E-state index in [2.05, 4.69) is 44.5 Å². The SMILES string of the molecule is Cc1nn(C)c(CNc2ccc3c(c2)CCC3)c1Br. The zero-order valence-electron chi connectivity index (χ0n) is 11.3. The summed E-state index contributed by atoms with van der Waals surface area (Å²) in [4.78, 5) is 0. The van der Waals surface area contributed by atoms with Crippen molar-refractivity contribution in [1.29, 1.82) is 0 Å². The second-order valence-corrected chi connectivity index (χ2v) is 5.95. The van der Waals surface area contributed by atoms with Gasteiger partial charge in [-0.25, -0.2) is 0 Å². The van der Waals surface area contributed by atoms with Crippen LogP contribution in [-0.4, -0.2) is 9.78 Å². The van der Waals surface area contributed by atoms with Crippen molar-refractivity contribution in [2.75, 3.05) is 5.32 Å². The number of nitrogens with zero attached hydrogens (tertiary/aromatic N) is 2. The maximum Gasteiger partial charge on any atom is 0.0739 e. The number of nitrogens with one attached hydrogen (secondary N) is 1. The number of aromatic nitrogens is 2. The lowest BCUT2D eigenvalue weighted by Crippen LogP contribution is -2.06. The molecular formula is C15H18BrN3. The van der Waals surface area contributed by atoms with Gasteiger partial charge in [0.2, 0.25) is 0 Å².